The van der Waals surface area contributed by atoms with Gasteiger partial charge in [0.15, 0.2) is 0 Å². The van der Waals surface area contributed by atoms with Crippen molar-refractivity contribution in [1.29, 1.82) is 0 Å². The third kappa shape index (κ3) is 34.8. The molecule has 0 saturated heterocycles. The normalized spacial score (nSPS) is 12.6. The van der Waals surface area contributed by atoms with E-state index >= 15 is 0 Å². The van der Waals surface area contributed by atoms with Crippen LogP contribution in [0.25, 0.3) is 0 Å². The van der Waals surface area contributed by atoms with Crippen LogP contribution in [0.15, 0.2) is 74.6 Å². The van der Waals surface area contributed by atoms with Gasteiger partial charge in [-0.2, -0.15) is 0 Å². The molecule has 0 fully saturated rings. The molecule has 3 aromatic carbocycles. The van der Waals surface area contributed by atoms with Gasteiger partial charge in [0, 0.05) is 30.2 Å². The predicted octanol–water partition coefficient (Wildman–Crippen LogP) is 25.6. The Kier molecular flexibility index (Phi) is 46.0. The van der Waals surface area contributed by atoms with Gasteiger partial charge in [-0.1, -0.05) is 262 Å². The molecule has 0 unspecified atom stereocenters. The number of nitrogens with one attached hydrogen (secondary N) is 2. The van der Waals surface area contributed by atoms with E-state index in [-0.39, 0.29) is 32.7 Å². The molecule has 0 atom stereocenters. The number of unbranched alkanes of at least 4 members (excludes halogenated alkanes) is 15. The van der Waals surface area contributed by atoms with Gasteiger partial charge < -0.3 is 10.6 Å². The molecule has 2 N–H and O–H groups in total. The van der Waals surface area contributed by atoms with Crippen molar-refractivity contribution in [3.05, 3.63) is 88.0 Å². The van der Waals surface area contributed by atoms with Crippen LogP contribution >= 0.6 is 0 Å². The maximum atomic E-state index is 5.17. The summed E-state index contributed by atoms with van der Waals surface area (Å²) in [5.74, 6) is 9.83. The molecule has 7 heteroatoms. The number of hydrogen-bond donors (Lipinski definition) is 2. The zero-order valence-electron chi connectivity index (χ0n) is 60.4. The van der Waals surface area contributed by atoms with Crippen molar-refractivity contribution in [1.82, 2.24) is 5.32 Å². The summed E-state index contributed by atoms with van der Waals surface area (Å²) >= 11 is -0.139. The average molecular weight is 1190 g/mol. The molecule has 3 aromatic rings. The lowest BCUT2D eigenvalue weighted by molar-refractivity contribution is 0.480. The van der Waals surface area contributed by atoms with Crippen LogP contribution in [0, 0.1) is 0 Å². The second kappa shape index (κ2) is 46.7. The van der Waals surface area contributed by atoms with E-state index in [0.29, 0.717) is 35.5 Å². The van der Waals surface area contributed by atoms with Crippen molar-refractivity contribution >= 4 is 54.1 Å². The van der Waals surface area contributed by atoms with E-state index in [9.17, 15) is 0 Å². The van der Waals surface area contributed by atoms with Crippen molar-refractivity contribution in [2.75, 3.05) is 25.0 Å². The van der Waals surface area contributed by atoms with E-state index in [2.05, 4.69) is 242 Å². The Bertz CT molecular complexity index is 2240. The maximum absolute atomic E-state index is 5.17. The summed E-state index contributed by atoms with van der Waals surface area (Å²) in [6.45, 7) is 54.4. The minimum absolute atomic E-state index is 0. The molecule has 6 nitrogen and oxygen atoms in total. The van der Waals surface area contributed by atoms with Crippen LogP contribution in [0.5, 0.6) is 0 Å². The zero-order chi connectivity index (χ0) is 64.0. The molecule has 0 aliphatic carbocycles. The molecule has 85 heavy (non-hydrogen) atoms. The fraction of sp³-hybridized carbons (Fsp3) is 0.718. The first-order valence-corrected chi connectivity index (χ1v) is 38.0. The highest BCUT2D eigenvalue weighted by molar-refractivity contribution is 6.54. The number of hydrogen-bond acceptors (Lipinski definition) is 6. The molecule has 0 aromatic heterocycles. The number of para-hydroxylation sites is 3. The Morgan fingerprint density at radius 3 is 1.06 bits per heavy atom. The van der Waals surface area contributed by atoms with Crippen molar-refractivity contribution in [2.24, 2.45) is 20.0 Å². The lowest BCUT2D eigenvalue weighted by atomic mass is 9.90. The lowest BCUT2D eigenvalue weighted by Gasteiger charge is -2.32. The van der Waals surface area contributed by atoms with Crippen LogP contribution in [-0.2, 0) is 0 Å². The van der Waals surface area contributed by atoms with Gasteiger partial charge >= 0.3 is 0 Å². The quantitative estimate of drug-likeness (QED) is 0.0350. The van der Waals surface area contributed by atoms with E-state index in [1.54, 1.807) is 0 Å². The summed E-state index contributed by atoms with van der Waals surface area (Å²) in [6.07, 6.45) is 23.8. The number of aliphatic imine (C=N–C) groups is 4. The standard InChI is InChI=1S/2C25H44N2.C24H40N2.CH4.3CH3.Al/c1-9-10-11-12-13-14-18-26-25(7,8)21(6)27-24-22(19(2)3)16-15-17-23(24)20(4)5;1-9-10-11-12-13-14-18-26-21(6)25(7,8)27-24-22(19(2)3)16-15-17-23(24)20(4)5;1-8-9-10-11-12-13-17-25-20(6)21(7)26-24-22(18(2)3)15-14-16-23(24)19(4)5;;;;;/h15-17,19-20,26H,9-14,18H2,1-8H3;15-17,19-20,27H,9-14,18H2,1-8H3;14-16,18-19H,8-13,17H2,1-7H3;1H4;3*1H3;. The third-order valence-corrected chi connectivity index (χ3v) is 16.2. The molecular weight excluding hydrogens is 1050 g/mol. The average Bonchev–Trinajstić information content (AvgIpc) is 3.63. The maximum Gasteiger partial charge on any atom is 0.251 e. The van der Waals surface area contributed by atoms with Gasteiger partial charge in [0.25, 0.3) is 14.1 Å². The predicted molar refractivity (Wildman–Crippen MR) is 395 cm³/mol. The number of anilines is 1. The van der Waals surface area contributed by atoms with Gasteiger partial charge in [0.2, 0.25) is 0 Å². The molecule has 0 aliphatic rings. The Morgan fingerprint density at radius 1 is 0.400 bits per heavy atom. The highest BCUT2D eigenvalue weighted by atomic mass is 27.2. The first-order chi connectivity index (χ1) is 39.5. The van der Waals surface area contributed by atoms with Gasteiger partial charge in [0.1, 0.15) is 0 Å². The molecule has 3 rings (SSSR count). The first kappa shape index (κ1) is 83.7. The Hall–Kier alpha value is -3.37. The Labute approximate surface area is 535 Å². The minimum atomic E-state index is -0.142. The monoisotopic (exact) mass is 1190 g/mol. The highest BCUT2D eigenvalue weighted by Gasteiger charge is 2.26. The summed E-state index contributed by atoms with van der Waals surface area (Å²) in [5, 5.41) is 7.59. The van der Waals surface area contributed by atoms with Gasteiger partial charge in [-0.25, -0.2) is 0 Å². The van der Waals surface area contributed by atoms with E-state index in [1.807, 2.05) is 0 Å². The first-order valence-electron chi connectivity index (χ1n) is 34.6. The van der Waals surface area contributed by atoms with E-state index < -0.39 is 0 Å². The smallest absolute Gasteiger partial charge is 0.251 e. The van der Waals surface area contributed by atoms with Crippen LogP contribution in [0.3, 0.4) is 0 Å². The van der Waals surface area contributed by atoms with Gasteiger partial charge in [-0.3, -0.25) is 20.0 Å². The topological polar surface area (TPSA) is 73.5 Å². The second-order valence-corrected chi connectivity index (χ2v) is 31.4. The van der Waals surface area contributed by atoms with E-state index in [4.69, 9.17) is 20.0 Å². The Morgan fingerprint density at radius 2 is 0.706 bits per heavy atom. The Balaban J connectivity index is 0. The van der Waals surface area contributed by atoms with Gasteiger partial charge in [-0.05, 0) is 150 Å². The van der Waals surface area contributed by atoms with Gasteiger partial charge in [0.05, 0.1) is 33.9 Å². The molecular formula is C78H141AlN6. The minimum Gasteiger partial charge on any atom is -0.374 e. The molecule has 0 bridgehead atoms. The second-order valence-electron chi connectivity index (χ2n) is 28.0. The third-order valence-electron chi connectivity index (χ3n) is 16.2. The van der Waals surface area contributed by atoms with Crippen molar-refractivity contribution in [3.63, 3.8) is 0 Å². The molecule has 0 radical (unpaired) electrons. The zero-order valence-corrected chi connectivity index (χ0v) is 61.5. The SMILES string of the molecule is C.CCCCCCCCN=C(C)C(C)(C)Nc1c(C(C)C)cccc1C(C)C.CCCCCCCCN=C(C)C(C)=Nc1c(C(C)C)cccc1C(C)C.CCCCCCCCNC(C)(C)C(C)=Nc1c(C(C)C)cccc1C(C)C.[CH3][Al]([CH3])[CH3]. The lowest BCUT2D eigenvalue weighted by Crippen LogP contribution is -2.46. The molecule has 0 amide bonds. The fourth-order valence-electron chi connectivity index (χ4n) is 9.96. The van der Waals surface area contributed by atoms with Gasteiger partial charge in [-0.15, -0.1) is 17.4 Å². The number of nitrogens with zero attached hydrogens (tertiary/aromatic N) is 4. The molecule has 0 saturated carbocycles. The van der Waals surface area contributed by atoms with Crippen LogP contribution in [-0.4, -0.2) is 67.7 Å². The van der Waals surface area contributed by atoms with E-state index in [1.165, 1.54) is 172 Å². The molecule has 0 aliphatic heterocycles. The number of benzene rings is 3. The summed E-state index contributed by atoms with van der Waals surface area (Å²) in [6, 6.07) is 20.0. The summed E-state index contributed by atoms with van der Waals surface area (Å²) in [5.41, 5.74) is 16.1. The molecule has 0 spiro atoms. The molecule has 486 valence electrons. The van der Waals surface area contributed by atoms with Crippen molar-refractivity contribution < 1.29 is 0 Å². The van der Waals surface area contributed by atoms with Crippen LogP contribution < -0.4 is 10.6 Å². The highest BCUT2D eigenvalue weighted by Crippen LogP contribution is 2.38. The summed E-state index contributed by atoms with van der Waals surface area (Å²) < 4.78 is 0. The molecule has 0 heterocycles. The van der Waals surface area contributed by atoms with Crippen LogP contribution in [0.1, 0.15) is 351 Å². The van der Waals surface area contributed by atoms with Crippen molar-refractivity contribution in [2.45, 2.75) is 346 Å². The number of rotatable bonds is 35. The van der Waals surface area contributed by atoms with Crippen LogP contribution in [0.2, 0.25) is 17.4 Å². The van der Waals surface area contributed by atoms with Crippen molar-refractivity contribution in [3.8, 4) is 0 Å². The van der Waals surface area contributed by atoms with Crippen LogP contribution in [0.4, 0.5) is 17.1 Å². The summed E-state index contributed by atoms with van der Waals surface area (Å²) in [4.78, 5) is 19.9. The summed E-state index contributed by atoms with van der Waals surface area (Å²) in [7, 11) is 0. The largest absolute Gasteiger partial charge is 0.374 e. The van der Waals surface area contributed by atoms with E-state index in [0.717, 1.165) is 36.7 Å². The fourth-order valence-corrected chi connectivity index (χ4v) is 9.96.